The molecule has 8 nitrogen and oxygen atoms in total. The highest BCUT2D eigenvalue weighted by Gasteiger charge is 2.14. The summed E-state index contributed by atoms with van der Waals surface area (Å²) in [5.41, 5.74) is 2.12. The molecular weight excluding hydrogens is 350 g/mol. The molecule has 2 heterocycles. The number of carbonyl (C=O) groups is 1. The molecule has 2 aromatic heterocycles. The molecule has 3 aromatic rings. The number of esters is 1. The molecule has 1 aromatic carbocycles. The minimum Gasteiger partial charge on any atom is -0.489 e. The molecule has 0 bridgehead atoms. The summed E-state index contributed by atoms with van der Waals surface area (Å²) in [5.74, 6) is 1.89. The van der Waals surface area contributed by atoms with Crippen molar-refractivity contribution in [1.29, 1.82) is 0 Å². The second kappa shape index (κ2) is 8.03. The van der Waals surface area contributed by atoms with Crippen LogP contribution in [0.4, 0.5) is 0 Å². The number of rotatable bonds is 7. The molecule has 0 spiro atoms. The summed E-state index contributed by atoms with van der Waals surface area (Å²) in [4.78, 5) is 16.3. The number of ether oxygens (including phenoxy) is 2. The van der Waals surface area contributed by atoms with Crippen LogP contribution in [-0.2, 0) is 18.0 Å². The summed E-state index contributed by atoms with van der Waals surface area (Å²) in [6, 6.07) is 6.69. The molecule has 0 aliphatic rings. The van der Waals surface area contributed by atoms with Gasteiger partial charge in [-0.3, -0.25) is 0 Å². The molecular formula is C19H21N3O5. The summed E-state index contributed by atoms with van der Waals surface area (Å²) < 4.78 is 21.1. The third-order valence-electron chi connectivity index (χ3n) is 3.98. The van der Waals surface area contributed by atoms with E-state index in [1.807, 2.05) is 27.7 Å². The molecule has 3 rings (SSSR count). The summed E-state index contributed by atoms with van der Waals surface area (Å²) in [7, 11) is 0. The van der Waals surface area contributed by atoms with E-state index in [1.165, 1.54) is 0 Å². The van der Waals surface area contributed by atoms with E-state index in [1.54, 1.807) is 24.3 Å². The lowest BCUT2D eigenvalue weighted by Crippen LogP contribution is -2.06. The molecule has 0 amide bonds. The average molecular weight is 371 g/mol. The summed E-state index contributed by atoms with van der Waals surface area (Å²) in [5, 5.41) is 7.72. The van der Waals surface area contributed by atoms with Crippen molar-refractivity contribution in [3.63, 3.8) is 0 Å². The van der Waals surface area contributed by atoms with E-state index in [0.29, 0.717) is 23.7 Å². The van der Waals surface area contributed by atoms with E-state index in [4.69, 9.17) is 18.5 Å². The van der Waals surface area contributed by atoms with Crippen molar-refractivity contribution < 1.29 is 23.3 Å². The third-order valence-corrected chi connectivity index (χ3v) is 3.98. The Balaban J connectivity index is 1.53. The van der Waals surface area contributed by atoms with E-state index in [0.717, 1.165) is 17.0 Å². The van der Waals surface area contributed by atoms with Gasteiger partial charge in [-0.1, -0.05) is 24.2 Å². The average Bonchev–Trinajstić information content (AvgIpc) is 3.26. The number of aromatic nitrogens is 3. The molecule has 0 radical (unpaired) electrons. The van der Waals surface area contributed by atoms with Crippen LogP contribution in [0.5, 0.6) is 5.75 Å². The van der Waals surface area contributed by atoms with E-state index in [-0.39, 0.29) is 18.4 Å². The van der Waals surface area contributed by atoms with Crippen molar-refractivity contribution in [3.8, 4) is 5.75 Å². The van der Waals surface area contributed by atoms with Crippen molar-refractivity contribution >= 4 is 5.97 Å². The zero-order valence-corrected chi connectivity index (χ0v) is 15.7. The molecule has 0 unspecified atom stereocenters. The minimum absolute atomic E-state index is 0.0666. The monoisotopic (exact) mass is 371 g/mol. The lowest BCUT2D eigenvalue weighted by Gasteiger charge is -2.07. The maximum atomic E-state index is 12.1. The van der Waals surface area contributed by atoms with Gasteiger partial charge >= 0.3 is 5.97 Å². The van der Waals surface area contributed by atoms with Crippen LogP contribution in [0.1, 0.15) is 58.9 Å². The van der Waals surface area contributed by atoms with E-state index >= 15 is 0 Å². The zero-order chi connectivity index (χ0) is 19.4. The Bertz CT molecular complexity index is 892. The Morgan fingerprint density at radius 2 is 1.81 bits per heavy atom. The molecule has 0 aliphatic heterocycles. The van der Waals surface area contributed by atoms with Gasteiger partial charge in [-0.15, -0.1) is 0 Å². The van der Waals surface area contributed by atoms with Crippen LogP contribution in [0.2, 0.25) is 0 Å². The van der Waals surface area contributed by atoms with Crippen molar-refractivity contribution in [1.82, 2.24) is 15.3 Å². The standard InChI is InChI=1S/C19H21N3O5/c1-11(2)18-20-17(27-22-18)10-25-19(23)14-5-7-15(8-6-14)24-9-16-12(3)21-26-13(16)4/h5-8,11H,9-10H2,1-4H3. The number of carbonyl (C=O) groups excluding carboxylic acids is 1. The molecule has 0 saturated carbocycles. The summed E-state index contributed by atoms with van der Waals surface area (Å²) >= 11 is 0. The first-order valence-electron chi connectivity index (χ1n) is 8.58. The maximum absolute atomic E-state index is 12.1. The van der Waals surface area contributed by atoms with Gasteiger partial charge in [0.1, 0.15) is 18.1 Å². The Hall–Kier alpha value is -3.16. The molecule has 0 saturated heterocycles. The fourth-order valence-corrected chi connectivity index (χ4v) is 2.32. The Kier molecular flexibility index (Phi) is 5.54. The molecule has 0 aliphatic carbocycles. The van der Waals surface area contributed by atoms with E-state index in [9.17, 15) is 4.79 Å². The Labute approximate surface area is 156 Å². The second-order valence-electron chi connectivity index (χ2n) is 6.39. The van der Waals surface area contributed by atoms with Gasteiger partial charge in [-0.05, 0) is 38.1 Å². The topological polar surface area (TPSA) is 100 Å². The molecule has 0 N–H and O–H groups in total. The summed E-state index contributed by atoms with van der Waals surface area (Å²) in [6.07, 6.45) is 0. The Morgan fingerprint density at radius 1 is 1.07 bits per heavy atom. The van der Waals surface area contributed by atoms with Crippen molar-refractivity contribution in [3.05, 3.63) is 58.6 Å². The van der Waals surface area contributed by atoms with Gasteiger partial charge in [0.15, 0.2) is 12.4 Å². The number of aryl methyl sites for hydroxylation is 2. The quantitative estimate of drug-likeness (QED) is 0.579. The van der Waals surface area contributed by atoms with Crippen LogP contribution >= 0.6 is 0 Å². The fraction of sp³-hybridized carbons (Fsp3) is 0.368. The first-order chi connectivity index (χ1) is 12.9. The highest BCUT2D eigenvalue weighted by molar-refractivity contribution is 5.89. The third kappa shape index (κ3) is 4.52. The van der Waals surface area contributed by atoms with Gasteiger partial charge in [0.05, 0.1) is 16.8 Å². The molecule has 0 atom stereocenters. The van der Waals surface area contributed by atoms with Crippen molar-refractivity contribution in [2.45, 2.75) is 46.8 Å². The van der Waals surface area contributed by atoms with Crippen LogP contribution in [0, 0.1) is 13.8 Å². The number of hydrogen-bond donors (Lipinski definition) is 0. The predicted molar refractivity (Wildman–Crippen MR) is 94.3 cm³/mol. The number of hydrogen-bond acceptors (Lipinski definition) is 8. The fourth-order valence-electron chi connectivity index (χ4n) is 2.32. The normalized spacial score (nSPS) is 11.0. The van der Waals surface area contributed by atoms with Crippen LogP contribution in [0.3, 0.4) is 0 Å². The van der Waals surface area contributed by atoms with E-state index < -0.39 is 5.97 Å². The molecule has 142 valence electrons. The highest BCUT2D eigenvalue weighted by Crippen LogP contribution is 2.18. The van der Waals surface area contributed by atoms with Gasteiger partial charge in [0, 0.05) is 5.92 Å². The molecule has 0 fully saturated rings. The largest absolute Gasteiger partial charge is 0.489 e. The smallest absolute Gasteiger partial charge is 0.338 e. The molecule has 27 heavy (non-hydrogen) atoms. The van der Waals surface area contributed by atoms with Crippen LogP contribution in [0.25, 0.3) is 0 Å². The van der Waals surface area contributed by atoms with Crippen LogP contribution < -0.4 is 4.74 Å². The Morgan fingerprint density at radius 3 is 2.41 bits per heavy atom. The first-order valence-corrected chi connectivity index (χ1v) is 8.58. The summed E-state index contributed by atoms with van der Waals surface area (Å²) in [6.45, 7) is 7.89. The van der Waals surface area contributed by atoms with Gasteiger partial charge in [0.2, 0.25) is 0 Å². The van der Waals surface area contributed by atoms with Gasteiger partial charge in [-0.25, -0.2) is 4.79 Å². The van der Waals surface area contributed by atoms with Crippen molar-refractivity contribution in [2.24, 2.45) is 0 Å². The lowest BCUT2D eigenvalue weighted by atomic mass is 10.2. The maximum Gasteiger partial charge on any atom is 0.338 e. The molecule has 8 heteroatoms. The second-order valence-corrected chi connectivity index (χ2v) is 6.39. The number of nitrogens with zero attached hydrogens (tertiary/aromatic N) is 3. The number of benzene rings is 1. The van der Waals surface area contributed by atoms with Gasteiger partial charge in [-0.2, -0.15) is 4.98 Å². The van der Waals surface area contributed by atoms with Crippen molar-refractivity contribution in [2.75, 3.05) is 0 Å². The minimum atomic E-state index is -0.475. The highest BCUT2D eigenvalue weighted by atomic mass is 16.6. The SMILES string of the molecule is Cc1noc(C)c1COc1ccc(C(=O)OCc2nc(C(C)C)no2)cc1. The van der Waals surface area contributed by atoms with Gasteiger partial charge < -0.3 is 18.5 Å². The van der Waals surface area contributed by atoms with Gasteiger partial charge in [0.25, 0.3) is 5.89 Å². The predicted octanol–water partition coefficient (Wildman–Crippen LogP) is 3.73. The first kappa shape index (κ1) is 18.6. The van der Waals surface area contributed by atoms with Crippen LogP contribution in [0.15, 0.2) is 33.3 Å². The van der Waals surface area contributed by atoms with Crippen LogP contribution in [-0.4, -0.2) is 21.3 Å². The lowest BCUT2D eigenvalue weighted by molar-refractivity contribution is 0.0429. The zero-order valence-electron chi connectivity index (χ0n) is 15.7. The van der Waals surface area contributed by atoms with E-state index in [2.05, 4.69) is 15.3 Å².